The monoisotopic (exact) mass is 221 g/mol. The van der Waals surface area contributed by atoms with Gasteiger partial charge in [0.25, 0.3) is 0 Å². The minimum Gasteiger partial charge on any atom is -0.304 e. The molecule has 0 aromatic heterocycles. The molecule has 1 fully saturated rings. The van der Waals surface area contributed by atoms with Crippen LogP contribution < -0.4 is 5.48 Å². The molecule has 0 bridgehead atoms. The first kappa shape index (κ1) is 11.4. The molecule has 0 saturated carbocycles. The highest BCUT2D eigenvalue weighted by Gasteiger charge is 2.13. The Bertz CT molecular complexity index is 318. The van der Waals surface area contributed by atoms with Crippen LogP contribution in [-0.4, -0.2) is 48.2 Å². The maximum absolute atomic E-state index is 8.71. The summed E-state index contributed by atoms with van der Waals surface area (Å²) in [5, 5.41) is 8.71. The van der Waals surface area contributed by atoms with Gasteiger partial charge in [-0.2, -0.15) is 0 Å². The van der Waals surface area contributed by atoms with Crippen LogP contribution in [0.5, 0.6) is 0 Å². The van der Waals surface area contributed by atoms with E-state index in [-0.39, 0.29) is 0 Å². The third kappa shape index (κ3) is 2.95. The Morgan fingerprint density at radius 3 is 2.31 bits per heavy atom. The van der Waals surface area contributed by atoms with Crippen LogP contribution in [0, 0.1) is 0 Å². The topological polar surface area (TPSA) is 38.7 Å². The fourth-order valence-corrected chi connectivity index (χ4v) is 1.95. The molecule has 0 amide bonds. The Labute approximate surface area is 96.4 Å². The van der Waals surface area contributed by atoms with E-state index in [1.807, 2.05) is 12.1 Å². The Hall–Kier alpha value is -1.10. The van der Waals surface area contributed by atoms with E-state index in [1.165, 1.54) is 5.56 Å². The second-order valence-electron chi connectivity index (χ2n) is 4.39. The van der Waals surface area contributed by atoms with E-state index in [9.17, 15) is 0 Å². The maximum atomic E-state index is 8.71. The van der Waals surface area contributed by atoms with Crippen molar-refractivity contribution in [3.05, 3.63) is 29.8 Å². The van der Waals surface area contributed by atoms with E-state index in [0.29, 0.717) is 0 Å². The van der Waals surface area contributed by atoms with Crippen molar-refractivity contribution in [2.45, 2.75) is 6.54 Å². The molecule has 2 N–H and O–H groups in total. The van der Waals surface area contributed by atoms with Crippen molar-refractivity contribution >= 4 is 5.69 Å². The summed E-state index contributed by atoms with van der Waals surface area (Å²) in [7, 11) is 2.17. The quantitative estimate of drug-likeness (QED) is 0.753. The highest BCUT2D eigenvalue weighted by molar-refractivity contribution is 5.42. The Morgan fingerprint density at radius 2 is 1.75 bits per heavy atom. The lowest BCUT2D eigenvalue weighted by Crippen LogP contribution is -2.43. The van der Waals surface area contributed by atoms with Crippen LogP contribution in [0.25, 0.3) is 0 Å². The summed E-state index contributed by atoms with van der Waals surface area (Å²) in [5.41, 5.74) is 4.18. The van der Waals surface area contributed by atoms with Crippen LogP contribution in [0.2, 0.25) is 0 Å². The smallest absolute Gasteiger partial charge is 0.0602 e. The molecular formula is C12H19N3O. The van der Waals surface area contributed by atoms with Crippen molar-refractivity contribution in [3.63, 3.8) is 0 Å². The Balaban J connectivity index is 1.88. The molecule has 1 aliphatic heterocycles. The maximum Gasteiger partial charge on any atom is 0.0602 e. The van der Waals surface area contributed by atoms with Gasteiger partial charge in [0, 0.05) is 32.7 Å². The number of nitrogens with zero attached hydrogens (tertiary/aromatic N) is 2. The van der Waals surface area contributed by atoms with Gasteiger partial charge < -0.3 is 4.90 Å². The number of piperazine rings is 1. The second-order valence-corrected chi connectivity index (χ2v) is 4.39. The summed E-state index contributed by atoms with van der Waals surface area (Å²) >= 11 is 0. The predicted molar refractivity (Wildman–Crippen MR) is 64.6 cm³/mol. The fourth-order valence-electron chi connectivity index (χ4n) is 1.95. The molecular weight excluding hydrogens is 202 g/mol. The van der Waals surface area contributed by atoms with Crippen molar-refractivity contribution in [1.29, 1.82) is 0 Å². The number of nitrogens with one attached hydrogen (secondary N) is 1. The normalized spacial score (nSPS) is 18.6. The third-order valence-electron chi connectivity index (χ3n) is 3.09. The van der Waals surface area contributed by atoms with Crippen molar-refractivity contribution in [3.8, 4) is 0 Å². The van der Waals surface area contributed by atoms with Gasteiger partial charge in [0.2, 0.25) is 0 Å². The van der Waals surface area contributed by atoms with Crippen LogP contribution in [0.15, 0.2) is 24.3 Å². The summed E-state index contributed by atoms with van der Waals surface area (Å²) in [5.74, 6) is 0. The van der Waals surface area contributed by atoms with Gasteiger partial charge in [-0.1, -0.05) is 12.1 Å². The fraction of sp³-hybridized carbons (Fsp3) is 0.500. The lowest BCUT2D eigenvalue weighted by atomic mass is 10.2. The molecule has 16 heavy (non-hydrogen) atoms. The number of likely N-dealkylation sites (N-methyl/N-ethyl adjacent to an activating group) is 1. The average Bonchev–Trinajstić information content (AvgIpc) is 2.33. The summed E-state index contributed by atoms with van der Waals surface area (Å²) in [6.07, 6.45) is 0. The van der Waals surface area contributed by atoms with E-state index >= 15 is 0 Å². The van der Waals surface area contributed by atoms with Gasteiger partial charge in [0.05, 0.1) is 5.69 Å². The van der Waals surface area contributed by atoms with Gasteiger partial charge in [-0.3, -0.25) is 15.6 Å². The SMILES string of the molecule is CN1CCN(Cc2ccc(NO)cc2)CC1. The summed E-state index contributed by atoms with van der Waals surface area (Å²) in [6.45, 7) is 5.57. The molecule has 0 unspecified atom stereocenters. The molecule has 1 aromatic carbocycles. The first-order valence-corrected chi connectivity index (χ1v) is 5.68. The molecule has 1 aliphatic rings. The molecule has 0 atom stereocenters. The standard InChI is InChI=1S/C12H19N3O/c1-14-6-8-15(9-7-14)10-11-2-4-12(13-16)5-3-11/h2-5,13,16H,6-10H2,1H3. The van der Waals surface area contributed by atoms with Crippen LogP contribution >= 0.6 is 0 Å². The average molecular weight is 221 g/mol. The molecule has 1 heterocycles. The van der Waals surface area contributed by atoms with E-state index < -0.39 is 0 Å². The number of hydrogen-bond acceptors (Lipinski definition) is 4. The molecule has 0 radical (unpaired) electrons. The number of rotatable bonds is 3. The molecule has 1 saturated heterocycles. The van der Waals surface area contributed by atoms with Gasteiger partial charge in [-0.15, -0.1) is 0 Å². The van der Waals surface area contributed by atoms with Crippen LogP contribution in [0.1, 0.15) is 5.56 Å². The molecule has 2 rings (SSSR count). The zero-order valence-electron chi connectivity index (χ0n) is 9.69. The zero-order chi connectivity index (χ0) is 11.4. The lowest BCUT2D eigenvalue weighted by molar-refractivity contribution is 0.148. The summed E-state index contributed by atoms with van der Waals surface area (Å²) < 4.78 is 0. The molecule has 0 aliphatic carbocycles. The Kier molecular flexibility index (Phi) is 3.77. The summed E-state index contributed by atoms with van der Waals surface area (Å²) in [6, 6.07) is 7.89. The zero-order valence-corrected chi connectivity index (χ0v) is 9.69. The minimum atomic E-state index is 0.738. The van der Waals surface area contributed by atoms with Gasteiger partial charge >= 0.3 is 0 Å². The van der Waals surface area contributed by atoms with E-state index in [1.54, 1.807) is 0 Å². The minimum absolute atomic E-state index is 0.738. The summed E-state index contributed by atoms with van der Waals surface area (Å²) in [4.78, 5) is 4.82. The largest absolute Gasteiger partial charge is 0.304 e. The molecule has 88 valence electrons. The molecule has 4 nitrogen and oxygen atoms in total. The second kappa shape index (κ2) is 5.30. The van der Waals surface area contributed by atoms with Crippen LogP contribution in [0.3, 0.4) is 0 Å². The molecule has 1 aromatic rings. The molecule has 0 spiro atoms. The third-order valence-corrected chi connectivity index (χ3v) is 3.09. The first-order valence-electron chi connectivity index (χ1n) is 5.68. The van der Waals surface area contributed by atoms with Gasteiger partial charge in [0.1, 0.15) is 0 Å². The highest BCUT2D eigenvalue weighted by Crippen LogP contribution is 2.11. The van der Waals surface area contributed by atoms with Gasteiger partial charge in [0.15, 0.2) is 0 Å². The predicted octanol–water partition coefficient (Wildman–Crippen LogP) is 1.24. The highest BCUT2D eigenvalue weighted by atomic mass is 16.5. The van der Waals surface area contributed by atoms with Gasteiger partial charge in [-0.25, -0.2) is 0 Å². The lowest BCUT2D eigenvalue weighted by Gasteiger charge is -2.32. The van der Waals surface area contributed by atoms with Crippen molar-refractivity contribution in [2.75, 3.05) is 38.7 Å². The molecule has 4 heteroatoms. The number of benzene rings is 1. The van der Waals surface area contributed by atoms with E-state index in [0.717, 1.165) is 38.4 Å². The van der Waals surface area contributed by atoms with E-state index in [4.69, 9.17) is 5.21 Å². The Morgan fingerprint density at radius 1 is 1.12 bits per heavy atom. The first-order chi connectivity index (χ1) is 7.78. The van der Waals surface area contributed by atoms with Gasteiger partial charge in [-0.05, 0) is 24.7 Å². The number of anilines is 1. The van der Waals surface area contributed by atoms with Crippen molar-refractivity contribution < 1.29 is 5.21 Å². The van der Waals surface area contributed by atoms with Crippen molar-refractivity contribution in [2.24, 2.45) is 0 Å². The van der Waals surface area contributed by atoms with E-state index in [2.05, 4.69) is 34.5 Å². The van der Waals surface area contributed by atoms with Crippen molar-refractivity contribution in [1.82, 2.24) is 9.80 Å². The number of hydrogen-bond donors (Lipinski definition) is 2. The van der Waals surface area contributed by atoms with Crippen LogP contribution in [0.4, 0.5) is 5.69 Å². The van der Waals surface area contributed by atoms with Crippen LogP contribution in [-0.2, 0) is 6.54 Å².